The van der Waals surface area contributed by atoms with E-state index in [4.69, 9.17) is 10.5 Å². The van der Waals surface area contributed by atoms with Gasteiger partial charge in [0.05, 0.1) is 23.1 Å². The van der Waals surface area contributed by atoms with Gasteiger partial charge in [0.15, 0.2) is 0 Å². The number of alkyl halides is 6. The SMILES string of the molecule is Nc1ccc2c(C(=O)O)cn(C(=O)c3ccc4c(C(F)(F)F)c(OC5CCC(C(F)(F)F)CC5)ccc4c3)c2c1. The maximum absolute atomic E-state index is 14.2. The molecular weight excluding hydrogens is 542 g/mol. The molecule has 0 saturated heterocycles. The zero-order chi connectivity index (χ0) is 29.0. The molecule has 0 spiro atoms. The normalized spacial score (nSPS) is 18.2. The van der Waals surface area contributed by atoms with Crippen molar-refractivity contribution in [2.45, 2.75) is 44.1 Å². The van der Waals surface area contributed by atoms with Crippen molar-refractivity contribution in [1.82, 2.24) is 4.57 Å². The Hall–Kier alpha value is -4.22. The second kappa shape index (κ2) is 9.76. The topological polar surface area (TPSA) is 94.5 Å². The summed E-state index contributed by atoms with van der Waals surface area (Å²) in [5, 5.41) is 9.62. The molecule has 0 atom stereocenters. The molecule has 12 heteroatoms. The van der Waals surface area contributed by atoms with Crippen LogP contribution in [0, 0.1) is 5.92 Å². The number of nitrogen functional groups attached to an aromatic ring is 1. The summed E-state index contributed by atoms with van der Waals surface area (Å²) in [4.78, 5) is 25.1. The fourth-order valence-corrected chi connectivity index (χ4v) is 5.24. The number of ether oxygens (including phenoxy) is 1. The summed E-state index contributed by atoms with van der Waals surface area (Å²) < 4.78 is 88.2. The highest BCUT2D eigenvalue weighted by Crippen LogP contribution is 2.44. The maximum Gasteiger partial charge on any atom is 0.420 e. The molecule has 1 aliphatic carbocycles. The van der Waals surface area contributed by atoms with E-state index in [9.17, 15) is 41.0 Å². The van der Waals surface area contributed by atoms with Gasteiger partial charge in [-0.2, -0.15) is 26.3 Å². The van der Waals surface area contributed by atoms with E-state index in [-0.39, 0.29) is 64.2 Å². The number of halogens is 6. The number of nitrogens with zero attached hydrogens (tertiary/aromatic N) is 1. The van der Waals surface area contributed by atoms with Gasteiger partial charge in [0.1, 0.15) is 11.3 Å². The number of rotatable bonds is 4. The molecular formula is C28H22F6N2O4. The minimum absolute atomic E-state index is 0.00368. The summed E-state index contributed by atoms with van der Waals surface area (Å²) >= 11 is 0. The molecule has 40 heavy (non-hydrogen) atoms. The van der Waals surface area contributed by atoms with Crippen molar-refractivity contribution in [2.24, 2.45) is 5.92 Å². The van der Waals surface area contributed by atoms with Gasteiger partial charge in [0, 0.05) is 22.8 Å². The van der Waals surface area contributed by atoms with Crippen LogP contribution in [0.2, 0.25) is 0 Å². The smallest absolute Gasteiger partial charge is 0.420 e. The molecule has 1 heterocycles. The predicted molar refractivity (Wildman–Crippen MR) is 134 cm³/mol. The zero-order valence-electron chi connectivity index (χ0n) is 20.6. The van der Waals surface area contributed by atoms with Crippen LogP contribution < -0.4 is 10.5 Å². The summed E-state index contributed by atoms with van der Waals surface area (Å²) in [6.45, 7) is 0. The van der Waals surface area contributed by atoms with E-state index in [0.717, 1.165) is 22.9 Å². The number of fused-ring (bicyclic) bond motifs is 2. The van der Waals surface area contributed by atoms with Crippen LogP contribution in [-0.4, -0.2) is 33.8 Å². The van der Waals surface area contributed by atoms with Crippen LogP contribution in [0.3, 0.4) is 0 Å². The lowest BCUT2D eigenvalue weighted by Crippen LogP contribution is -2.32. The van der Waals surface area contributed by atoms with E-state index in [1.807, 2.05) is 0 Å². The second-order valence-electron chi connectivity index (χ2n) is 9.81. The lowest BCUT2D eigenvalue weighted by atomic mass is 9.87. The second-order valence-corrected chi connectivity index (χ2v) is 9.81. The largest absolute Gasteiger partial charge is 0.490 e. The van der Waals surface area contributed by atoms with Gasteiger partial charge in [-0.3, -0.25) is 9.36 Å². The van der Waals surface area contributed by atoms with E-state index < -0.39 is 47.6 Å². The molecule has 1 saturated carbocycles. The van der Waals surface area contributed by atoms with E-state index in [1.165, 1.54) is 36.4 Å². The molecule has 3 N–H and O–H groups in total. The monoisotopic (exact) mass is 564 g/mol. The Balaban J connectivity index is 1.50. The van der Waals surface area contributed by atoms with Crippen molar-refractivity contribution in [3.8, 4) is 5.75 Å². The van der Waals surface area contributed by atoms with Crippen LogP contribution in [0.5, 0.6) is 5.75 Å². The van der Waals surface area contributed by atoms with Crippen molar-refractivity contribution in [2.75, 3.05) is 5.73 Å². The highest BCUT2D eigenvalue weighted by molar-refractivity contribution is 6.11. The standard InChI is InChI=1S/C28H22F6N2O4/c29-27(30,31)16-3-6-18(7-4-16)40-23-10-2-14-11-15(1-8-19(14)24(23)28(32,33)34)25(37)36-13-21(26(38)39)20-9-5-17(35)12-22(20)36/h1-2,5,8-13,16,18H,3-4,6-7,35H2,(H,38,39). The van der Waals surface area contributed by atoms with Crippen LogP contribution in [0.25, 0.3) is 21.7 Å². The number of nitrogens with two attached hydrogens (primary N) is 1. The van der Waals surface area contributed by atoms with E-state index in [1.54, 1.807) is 0 Å². The Kier molecular flexibility index (Phi) is 6.67. The van der Waals surface area contributed by atoms with Crippen LogP contribution in [0.15, 0.2) is 54.7 Å². The number of carbonyl (C=O) groups is 2. The Bertz CT molecular complexity index is 1630. The van der Waals surface area contributed by atoms with E-state index >= 15 is 0 Å². The van der Waals surface area contributed by atoms with Crippen LogP contribution >= 0.6 is 0 Å². The van der Waals surface area contributed by atoms with Gasteiger partial charge in [0.2, 0.25) is 0 Å². The van der Waals surface area contributed by atoms with Gasteiger partial charge in [0.25, 0.3) is 5.91 Å². The van der Waals surface area contributed by atoms with Gasteiger partial charge in [-0.1, -0.05) is 12.1 Å². The fraction of sp³-hybridized carbons (Fsp3) is 0.286. The first kappa shape index (κ1) is 27.4. The third-order valence-electron chi connectivity index (χ3n) is 7.22. The fourth-order valence-electron chi connectivity index (χ4n) is 5.24. The number of carboxylic acid groups (broad SMARTS) is 1. The summed E-state index contributed by atoms with van der Waals surface area (Å²) in [6, 6.07) is 10.4. The Labute approximate surface area is 222 Å². The molecule has 5 rings (SSSR count). The number of carbonyl (C=O) groups excluding carboxylic acids is 1. The minimum atomic E-state index is -4.85. The first-order chi connectivity index (χ1) is 18.7. The number of benzene rings is 3. The molecule has 3 aromatic carbocycles. The number of carboxylic acids is 1. The lowest BCUT2D eigenvalue weighted by molar-refractivity contribution is -0.185. The quantitative estimate of drug-likeness (QED) is 0.201. The third-order valence-corrected chi connectivity index (χ3v) is 7.22. The molecule has 0 amide bonds. The minimum Gasteiger partial charge on any atom is -0.490 e. The number of hydrogen-bond acceptors (Lipinski definition) is 4. The number of anilines is 1. The van der Waals surface area contributed by atoms with Gasteiger partial charge in [-0.25, -0.2) is 4.79 Å². The molecule has 1 fully saturated rings. The molecule has 0 aliphatic heterocycles. The maximum atomic E-state index is 14.2. The van der Waals surface area contributed by atoms with Crippen LogP contribution in [-0.2, 0) is 6.18 Å². The molecule has 1 aliphatic rings. The Morgan fingerprint density at radius 1 is 0.900 bits per heavy atom. The van der Waals surface area contributed by atoms with E-state index in [2.05, 4.69) is 0 Å². The molecule has 1 aromatic heterocycles. The van der Waals surface area contributed by atoms with Crippen LogP contribution in [0.4, 0.5) is 32.0 Å². The van der Waals surface area contributed by atoms with Crippen LogP contribution in [0.1, 0.15) is 52.0 Å². The Morgan fingerprint density at radius 2 is 1.57 bits per heavy atom. The first-order valence-corrected chi connectivity index (χ1v) is 12.3. The van der Waals surface area contributed by atoms with Gasteiger partial charge < -0.3 is 15.6 Å². The summed E-state index contributed by atoms with van der Waals surface area (Å²) in [5.74, 6) is -3.94. The van der Waals surface area contributed by atoms with Gasteiger partial charge in [-0.05, 0) is 72.9 Å². The molecule has 0 radical (unpaired) electrons. The highest BCUT2D eigenvalue weighted by atomic mass is 19.4. The molecule has 0 unspecified atom stereocenters. The highest BCUT2D eigenvalue weighted by Gasteiger charge is 2.43. The molecule has 6 nitrogen and oxygen atoms in total. The molecule has 4 aromatic rings. The molecule has 0 bridgehead atoms. The average Bonchev–Trinajstić information content (AvgIpc) is 3.26. The van der Waals surface area contributed by atoms with E-state index in [0.29, 0.717) is 0 Å². The van der Waals surface area contributed by atoms with Crippen molar-refractivity contribution >= 4 is 39.2 Å². The molecule has 210 valence electrons. The van der Waals surface area contributed by atoms with Crippen molar-refractivity contribution in [1.29, 1.82) is 0 Å². The third kappa shape index (κ3) is 5.05. The van der Waals surface area contributed by atoms with Gasteiger partial charge >= 0.3 is 18.3 Å². The number of hydrogen-bond donors (Lipinski definition) is 2. The predicted octanol–water partition coefficient (Wildman–Crippen LogP) is 7.28. The zero-order valence-corrected chi connectivity index (χ0v) is 20.6. The number of aromatic carboxylic acids is 1. The number of aromatic nitrogens is 1. The Morgan fingerprint density at radius 3 is 2.20 bits per heavy atom. The summed E-state index contributed by atoms with van der Waals surface area (Å²) in [7, 11) is 0. The van der Waals surface area contributed by atoms with Crippen molar-refractivity contribution in [3.63, 3.8) is 0 Å². The first-order valence-electron chi connectivity index (χ1n) is 12.3. The summed E-state index contributed by atoms with van der Waals surface area (Å²) in [5.41, 5.74) is 5.09. The van der Waals surface area contributed by atoms with Crippen molar-refractivity contribution < 1.29 is 45.8 Å². The lowest BCUT2D eigenvalue weighted by Gasteiger charge is -2.31. The summed E-state index contributed by atoms with van der Waals surface area (Å²) in [6.07, 6.45) is -9.37. The van der Waals surface area contributed by atoms with Crippen molar-refractivity contribution in [3.05, 3.63) is 71.4 Å². The average molecular weight is 564 g/mol. The van der Waals surface area contributed by atoms with Gasteiger partial charge in [-0.15, -0.1) is 0 Å².